The van der Waals surface area contributed by atoms with Gasteiger partial charge < -0.3 is 10.4 Å². The summed E-state index contributed by atoms with van der Waals surface area (Å²) in [5.74, 6) is -1.41. The van der Waals surface area contributed by atoms with Crippen molar-refractivity contribution >= 4 is 29.2 Å². The number of aromatic nitrogens is 1. The maximum atomic E-state index is 11.2. The van der Waals surface area contributed by atoms with Crippen LogP contribution in [0.1, 0.15) is 12.8 Å². The van der Waals surface area contributed by atoms with E-state index < -0.39 is 11.9 Å². The molecule has 80 valence electrons. The standard InChI is InChI=1S/C9H9ClN2O3/c10-9-6(2-1-5-11-9)12-7(13)3-4-8(14)15/h1-2,5H,3-4H2,(H,12,13)(H,14,15). The number of nitrogens with one attached hydrogen (secondary N) is 1. The van der Waals surface area contributed by atoms with Crippen molar-refractivity contribution in [1.29, 1.82) is 0 Å². The Morgan fingerprint density at radius 3 is 2.80 bits per heavy atom. The first-order valence-electron chi connectivity index (χ1n) is 4.22. The number of pyridine rings is 1. The number of nitrogens with zero attached hydrogens (tertiary/aromatic N) is 1. The average molecular weight is 229 g/mol. The third-order valence-electron chi connectivity index (χ3n) is 1.60. The van der Waals surface area contributed by atoms with E-state index in [9.17, 15) is 9.59 Å². The van der Waals surface area contributed by atoms with Crippen molar-refractivity contribution in [1.82, 2.24) is 4.98 Å². The molecule has 0 spiro atoms. The molecule has 1 heterocycles. The molecule has 0 aromatic carbocycles. The van der Waals surface area contributed by atoms with Crippen LogP contribution >= 0.6 is 11.6 Å². The number of carboxylic acid groups (broad SMARTS) is 1. The van der Waals surface area contributed by atoms with Gasteiger partial charge in [-0.05, 0) is 12.1 Å². The lowest BCUT2D eigenvalue weighted by molar-refractivity contribution is -0.138. The summed E-state index contributed by atoms with van der Waals surface area (Å²) in [5, 5.41) is 11.0. The maximum absolute atomic E-state index is 11.2. The number of aliphatic carboxylic acids is 1. The van der Waals surface area contributed by atoms with Gasteiger partial charge in [0.1, 0.15) is 0 Å². The van der Waals surface area contributed by atoms with Crippen molar-refractivity contribution in [2.75, 3.05) is 5.32 Å². The summed E-state index contributed by atoms with van der Waals surface area (Å²) >= 11 is 5.69. The van der Waals surface area contributed by atoms with Crippen LogP contribution in [-0.4, -0.2) is 22.0 Å². The molecule has 15 heavy (non-hydrogen) atoms. The molecule has 0 fully saturated rings. The van der Waals surface area contributed by atoms with Crippen LogP contribution in [0.4, 0.5) is 5.69 Å². The highest BCUT2D eigenvalue weighted by atomic mass is 35.5. The Balaban J connectivity index is 2.52. The van der Waals surface area contributed by atoms with Gasteiger partial charge in [0.25, 0.3) is 0 Å². The molecule has 0 aliphatic heterocycles. The highest BCUT2D eigenvalue weighted by Gasteiger charge is 2.07. The minimum absolute atomic E-state index is 0.0828. The number of carboxylic acids is 1. The molecule has 0 saturated heterocycles. The van der Waals surface area contributed by atoms with E-state index in [1.807, 2.05) is 0 Å². The molecule has 0 bridgehead atoms. The number of rotatable bonds is 4. The van der Waals surface area contributed by atoms with Gasteiger partial charge in [0, 0.05) is 12.6 Å². The number of anilines is 1. The number of halogens is 1. The van der Waals surface area contributed by atoms with Gasteiger partial charge in [-0.1, -0.05) is 11.6 Å². The van der Waals surface area contributed by atoms with Crippen molar-refractivity contribution in [2.24, 2.45) is 0 Å². The number of hydrogen-bond acceptors (Lipinski definition) is 3. The summed E-state index contributed by atoms with van der Waals surface area (Å²) in [4.78, 5) is 25.2. The van der Waals surface area contributed by atoms with Crippen LogP contribution < -0.4 is 5.32 Å². The molecular formula is C9H9ClN2O3. The lowest BCUT2D eigenvalue weighted by Crippen LogP contribution is -2.13. The summed E-state index contributed by atoms with van der Waals surface area (Å²) in [6.07, 6.45) is 1.21. The summed E-state index contributed by atoms with van der Waals surface area (Å²) < 4.78 is 0. The Kier molecular flexibility index (Phi) is 4.05. The molecule has 6 heteroatoms. The van der Waals surface area contributed by atoms with Gasteiger partial charge >= 0.3 is 5.97 Å². The van der Waals surface area contributed by atoms with Crippen LogP contribution in [0.3, 0.4) is 0 Å². The van der Waals surface area contributed by atoms with Gasteiger partial charge in [0.05, 0.1) is 12.1 Å². The molecule has 0 aliphatic rings. The average Bonchev–Trinajstić information content (AvgIpc) is 2.18. The molecule has 0 aliphatic carbocycles. The molecule has 1 aromatic heterocycles. The van der Waals surface area contributed by atoms with Gasteiger partial charge in [-0.15, -0.1) is 0 Å². The number of amides is 1. The predicted octanol–water partition coefficient (Wildman–Crippen LogP) is 1.54. The molecule has 1 rings (SSSR count). The fraction of sp³-hybridized carbons (Fsp3) is 0.222. The molecule has 2 N–H and O–H groups in total. The SMILES string of the molecule is O=C(O)CCC(=O)Nc1cccnc1Cl. The van der Waals surface area contributed by atoms with Crippen molar-refractivity contribution < 1.29 is 14.7 Å². The quantitative estimate of drug-likeness (QED) is 0.766. The van der Waals surface area contributed by atoms with E-state index in [2.05, 4.69) is 10.3 Å². The van der Waals surface area contributed by atoms with Gasteiger partial charge in [0.15, 0.2) is 5.15 Å². The monoisotopic (exact) mass is 228 g/mol. The van der Waals surface area contributed by atoms with Gasteiger partial charge in [-0.3, -0.25) is 9.59 Å². The summed E-state index contributed by atoms with van der Waals surface area (Å²) in [7, 11) is 0. The summed E-state index contributed by atoms with van der Waals surface area (Å²) in [6, 6.07) is 3.21. The Labute approximate surface area is 91.1 Å². The zero-order valence-corrected chi connectivity index (χ0v) is 8.49. The van der Waals surface area contributed by atoms with Gasteiger partial charge in [0.2, 0.25) is 5.91 Å². The Morgan fingerprint density at radius 1 is 1.47 bits per heavy atom. The molecule has 5 nitrogen and oxygen atoms in total. The van der Waals surface area contributed by atoms with Crippen molar-refractivity contribution in [3.8, 4) is 0 Å². The molecule has 0 saturated carbocycles. The molecular weight excluding hydrogens is 220 g/mol. The Bertz CT molecular complexity index is 381. The molecule has 0 atom stereocenters. The van der Waals surface area contributed by atoms with Crippen LogP contribution in [0.25, 0.3) is 0 Å². The normalized spacial score (nSPS) is 9.67. The van der Waals surface area contributed by atoms with Crippen LogP contribution in [0, 0.1) is 0 Å². The molecule has 1 aromatic rings. The van der Waals surface area contributed by atoms with Crippen molar-refractivity contribution in [3.63, 3.8) is 0 Å². The second kappa shape index (κ2) is 5.31. The number of carbonyl (C=O) groups excluding carboxylic acids is 1. The maximum Gasteiger partial charge on any atom is 0.303 e. The zero-order chi connectivity index (χ0) is 11.3. The van der Waals surface area contributed by atoms with Crippen molar-refractivity contribution in [2.45, 2.75) is 12.8 Å². The fourth-order valence-electron chi connectivity index (χ4n) is 0.912. The molecule has 0 radical (unpaired) electrons. The van der Waals surface area contributed by atoms with E-state index in [0.29, 0.717) is 5.69 Å². The van der Waals surface area contributed by atoms with Crippen molar-refractivity contribution in [3.05, 3.63) is 23.5 Å². The van der Waals surface area contributed by atoms with E-state index in [1.165, 1.54) is 6.20 Å². The number of carbonyl (C=O) groups is 2. The van der Waals surface area contributed by atoms with Crippen LogP contribution in [-0.2, 0) is 9.59 Å². The largest absolute Gasteiger partial charge is 0.481 e. The minimum Gasteiger partial charge on any atom is -0.481 e. The van der Waals surface area contributed by atoms with Gasteiger partial charge in [-0.2, -0.15) is 0 Å². The smallest absolute Gasteiger partial charge is 0.303 e. The fourth-order valence-corrected chi connectivity index (χ4v) is 1.08. The molecule has 1 amide bonds. The first kappa shape index (κ1) is 11.5. The zero-order valence-electron chi connectivity index (χ0n) is 7.74. The topological polar surface area (TPSA) is 79.3 Å². The Morgan fingerprint density at radius 2 is 2.20 bits per heavy atom. The molecule has 0 unspecified atom stereocenters. The lowest BCUT2D eigenvalue weighted by atomic mass is 10.3. The highest BCUT2D eigenvalue weighted by molar-refractivity contribution is 6.32. The third-order valence-corrected chi connectivity index (χ3v) is 1.90. The van der Waals surface area contributed by atoms with E-state index in [4.69, 9.17) is 16.7 Å². The lowest BCUT2D eigenvalue weighted by Gasteiger charge is -2.04. The minimum atomic E-state index is -1.01. The predicted molar refractivity (Wildman–Crippen MR) is 54.7 cm³/mol. The number of hydrogen-bond donors (Lipinski definition) is 2. The van der Waals surface area contributed by atoms with Gasteiger partial charge in [-0.25, -0.2) is 4.98 Å². The highest BCUT2D eigenvalue weighted by Crippen LogP contribution is 2.17. The summed E-state index contributed by atoms with van der Waals surface area (Å²) in [6.45, 7) is 0. The van der Waals surface area contributed by atoms with E-state index >= 15 is 0 Å². The van der Waals surface area contributed by atoms with E-state index in [-0.39, 0.29) is 18.0 Å². The first-order valence-corrected chi connectivity index (χ1v) is 4.59. The van der Waals surface area contributed by atoms with E-state index in [0.717, 1.165) is 0 Å². The van der Waals surface area contributed by atoms with E-state index in [1.54, 1.807) is 12.1 Å². The van der Waals surface area contributed by atoms with Crippen LogP contribution in [0.15, 0.2) is 18.3 Å². The third kappa shape index (κ3) is 3.95. The second-order valence-electron chi connectivity index (χ2n) is 2.78. The summed E-state index contributed by atoms with van der Waals surface area (Å²) in [5.41, 5.74) is 0.384. The second-order valence-corrected chi connectivity index (χ2v) is 3.14. The van der Waals surface area contributed by atoms with Crippen LogP contribution in [0.2, 0.25) is 5.15 Å². The Hall–Kier alpha value is -1.62. The first-order chi connectivity index (χ1) is 7.09. The van der Waals surface area contributed by atoms with Crippen LogP contribution in [0.5, 0.6) is 0 Å².